The highest BCUT2D eigenvalue weighted by atomic mass is 19.1. The van der Waals surface area contributed by atoms with E-state index in [0.29, 0.717) is 54.8 Å². The number of morpholine rings is 1. The molecule has 3 heterocycles. The van der Waals surface area contributed by atoms with Gasteiger partial charge < -0.3 is 19.0 Å². The van der Waals surface area contributed by atoms with Crippen LogP contribution in [0.1, 0.15) is 11.6 Å². The van der Waals surface area contributed by atoms with Crippen LogP contribution in [0.15, 0.2) is 65.1 Å². The predicted molar refractivity (Wildman–Crippen MR) is 115 cm³/mol. The lowest BCUT2D eigenvalue weighted by Gasteiger charge is -2.27. The van der Waals surface area contributed by atoms with E-state index in [2.05, 4.69) is 9.97 Å². The number of carbonyl (C=O) groups excluding carboxylic acids is 1. The Morgan fingerprint density at radius 3 is 2.61 bits per heavy atom. The summed E-state index contributed by atoms with van der Waals surface area (Å²) in [7, 11) is 0. The molecular weight excluding hydrogens is 397 g/mol. The molecule has 0 saturated carbocycles. The molecule has 2 aromatic heterocycles. The number of aromatic amines is 1. The molecule has 4 aromatic rings. The smallest absolute Gasteiger partial charge is 0.257 e. The highest BCUT2D eigenvalue weighted by molar-refractivity contribution is 6.23. The average Bonchev–Trinajstić information content (AvgIpc) is 3.45. The summed E-state index contributed by atoms with van der Waals surface area (Å²) in [5.41, 5.74) is 2.36. The summed E-state index contributed by atoms with van der Waals surface area (Å²) >= 11 is 0. The van der Waals surface area contributed by atoms with Crippen LogP contribution in [0.4, 0.5) is 4.39 Å². The number of nitrogens with zero attached hydrogens (tertiary/aromatic N) is 2. The minimum Gasteiger partial charge on any atom is -0.457 e. The van der Waals surface area contributed by atoms with Gasteiger partial charge >= 0.3 is 0 Å². The second-order valence-corrected chi connectivity index (χ2v) is 7.25. The molecule has 1 aliphatic heterocycles. The van der Waals surface area contributed by atoms with Crippen LogP contribution in [0.3, 0.4) is 0 Å². The molecule has 7 heteroatoms. The van der Waals surface area contributed by atoms with Crippen molar-refractivity contribution in [2.45, 2.75) is 0 Å². The maximum Gasteiger partial charge on any atom is 0.257 e. The monoisotopic (exact) mass is 417 g/mol. The second kappa shape index (κ2) is 8.20. The van der Waals surface area contributed by atoms with E-state index in [0.717, 1.165) is 11.0 Å². The SMILES string of the molecule is O=C(/C(=C/c1ccc(-c2ccccc2F)o1)c1nc2ccccc2[nH]1)N1CCOCC1. The zero-order valence-corrected chi connectivity index (χ0v) is 16.7. The fourth-order valence-electron chi connectivity index (χ4n) is 3.63. The molecular formula is C24H20FN3O3. The van der Waals surface area contributed by atoms with E-state index >= 15 is 0 Å². The van der Waals surface area contributed by atoms with Crippen molar-refractivity contribution in [3.8, 4) is 11.3 Å². The molecule has 1 aliphatic rings. The third kappa shape index (κ3) is 3.87. The first-order valence-electron chi connectivity index (χ1n) is 10.1. The second-order valence-electron chi connectivity index (χ2n) is 7.25. The number of para-hydroxylation sites is 2. The first-order chi connectivity index (χ1) is 15.2. The Morgan fingerprint density at radius 1 is 1.03 bits per heavy atom. The number of halogens is 1. The van der Waals surface area contributed by atoms with E-state index in [9.17, 15) is 9.18 Å². The maximum atomic E-state index is 14.1. The van der Waals surface area contributed by atoms with Gasteiger partial charge in [-0.15, -0.1) is 0 Å². The molecule has 1 saturated heterocycles. The van der Waals surface area contributed by atoms with Gasteiger partial charge in [0.15, 0.2) is 0 Å². The lowest BCUT2D eigenvalue weighted by Crippen LogP contribution is -2.41. The van der Waals surface area contributed by atoms with Gasteiger partial charge in [-0.05, 0) is 42.5 Å². The van der Waals surface area contributed by atoms with Gasteiger partial charge in [-0.3, -0.25) is 4.79 Å². The summed E-state index contributed by atoms with van der Waals surface area (Å²) in [6.45, 7) is 2.01. The zero-order chi connectivity index (χ0) is 21.2. The van der Waals surface area contributed by atoms with Gasteiger partial charge in [0.05, 0.1) is 35.4 Å². The first-order valence-corrected chi connectivity index (χ1v) is 10.1. The summed E-state index contributed by atoms with van der Waals surface area (Å²) in [5.74, 6) is 0.768. The van der Waals surface area contributed by atoms with Gasteiger partial charge in [-0.1, -0.05) is 24.3 Å². The van der Waals surface area contributed by atoms with Crippen molar-refractivity contribution in [3.63, 3.8) is 0 Å². The Hall–Kier alpha value is -3.71. The van der Waals surface area contributed by atoms with E-state index in [4.69, 9.17) is 9.15 Å². The van der Waals surface area contributed by atoms with Crippen molar-refractivity contribution in [1.82, 2.24) is 14.9 Å². The molecule has 0 radical (unpaired) electrons. The van der Waals surface area contributed by atoms with Crippen LogP contribution in [-0.4, -0.2) is 47.1 Å². The number of furan rings is 1. The number of ether oxygens (including phenoxy) is 1. The summed E-state index contributed by atoms with van der Waals surface area (Å²) in [6.07, 6.45) is 1.65. The number of hydrogen-bond acceptors (Lipinski definition) is 4. The number of carbonyl (C=O) groups is 1. The van der Waals surface area contributed by atoms with E-state index in [1.54, 1.807) is 41.3 Å². The molecule has 31 heavy (non-hydrogen) atoms. The Bertz CT molecular complexity index is 1230. The number of hydrogen-bond donors (Lipinski definition) is 1. The Labute approximate surface area is 178 Å². The third-order valence-corrected chi connectivity index (χ3v) is 5.23. The molecule has 0 spiro atoms. The van der Waals surface area contributed by atoms with E-state index in [1.807, 2.05) is 24.3 Å². The first kappa shape index (κ1) is 19.3. The van der Waals surface area contributed by atoms with Gasteiger partial charge in [-0.2, -0.15) is 0 Å². The molecule has 0 bridgehead atoms. The fourth-order valence-corrected chi connectivity index (χ4v) is 3.63. The number of amides is 1. The molecule has 0 unspecified atom stereocenters. The lowest BCUT2D eigenvalue weighted by molar-refractivity contribution is -0.128. The minimum atomic E-state index is -0.366. The molecule has 156 valence electrons. The van der Waals surface area contributed by atoms with Crippen LogP contribution < -0.4 is 0 Å². The topological polar surface area (TPSA) is 71.4 Å². The van der Waals surface area contributed by atoms with Gasteiger partial charge in [-0.25, -0.2) is 9.37 Å². The Morgan fingerprint density at radius 2 is 1.81 bits per heavy atom. The molecule has 0 atom stereocenters. The molecule has 0 aliphatic carbocycles. The van der Waals surface area contributed by atoms with E-state index < -0.39 is 0 Å². The number of nitrogens with one attached hydrogen (secondary N) is 1. The molecule has 1 amide bonds. The third-order valence-electron chi connectivity index (χ3n) is 5.23. The summed E-state index contributed by atoms with van der Waals surface area (Å²) in [6, 6.07) is 17.4. The van der Waals surface area contributed by atoms with Crippen LogP contribution >= 0.6 is 0 Å². The van der Waals surface area contributed by atoms with Gasteiger partial charge in [0.1, 0.15) is 23.2 Å². The molecule has 1 fully saturated rings. The van der Waals surface area contributed by atoms with Crippen molar-refractivity contribution in [2.75, 3.05) is 26.3 Å². The Kier molecular flexibility index (Phi) is 5.09. The minimum absolute atomic E-state index is 0.161. The molecule has 1 N–H and O–H groups in total. The van der Waals surface area contributed by atoms with Crippen molar-refractivity contribution in [3.05, 3.63) is 78.1 Å². The normalized spacial score (nSPS) is 14.9. The summed E-state index contributed by atoms with van der Waals surface area (Å²) in [4.78, 5) is 22.9. The summed E-state index contributed by atoms with van der Waals surface area (Å²) in [5, 5.41) is 0. The number of imidazole rings is 1. The highest BCUT2D eigenvalue weighted by Gasteiger charge is 2.24. The fraction of sp³-hybridized carbons (Fsp3) is 0.167. The number of benzene rings is 2. The van der Waals surface area contributed by atoms with Crippen molar-refractivity contribution in [1.29, 1.82) is 0 Å². The van der Waals surface area contributed by atoms with Crippen LogP contribution in [0.25, 0.3) is 34.0 Å². The van der Waals surface area contributed by atoms with Crippen LogP contribution in [0.5, 0.6) is 0 Å². The van der Waals surface area contributed by atoms with Crippen molar-refractivity contribution >= 4 is 28.6 Å². The zero-order valence-electron chi connectivity index (χ0n) is 16.7. The maximum absolute atomic E-state index is 14.1. The Balaban J connectivity index is 1.56. The van der Waals surface area contributed by atoms with Crippen LogP contribution in [0, 0.1) is 5.82 Å². The number of rotatable bonds is 4. The van der Waals surface area contributed by atoms with Crippen LogP contribution in [-0.2, 0) is 9.53 Å². The van der Waals surface area contributed by atoms with Crippen molar-refractivity contribution in [2.24, 2.45) is 0 Å². The van der Waals surface area contributed by atoms with Crippen molar-refractivity contribution < 1.29 is 18.3 Å². The average molecular weight is 417 g/mol. The quantitative estimate of drug-likeness (QED) is 0.501. The number of fused-ring (bicyclic) bond motifs is 1. The number of H-pyrrole nitrogens is 1. The van der Waals surface area contributed by atoms with Gasteiger partial charge in [0.25, 0.3) is 5.91 Å². The summed E-state index contributed by atoms with van der Waals surface area (Å²) < 4.78 is 25.4. The van der Waals surface area contributed by atoms with E-state index in [1.165, 1.54) is 6.07 Å². The van der Waals surface area contributed by atoms with Crippen LogP contribution in [0.2, 0.25) is 0 Å². The number of aromatic nitrogens is 2. The lowest BCUT2D eigenvalue weighted by atomic mass is 10.1. The highest BCUT2D eigenvalue weighted by Crippen LogP contribution is 2.28. The predicted octanol–water partition coefficient (Wildman–Crippen LogP) is 4.36. The largest absolute Gasteiger partial charge is 0.457 e. The van der Waals surface area contributed by atoms with Gasteiger partial charge in [0.2, 0.25) is 0 Å². The molecule has 6 nitrogen and oxygen atoms in total. The standard InChI is InChI=1S/C24H20FN3O3/c25-19-6-2-1-5-17(19)22-10-9-16(31-22)15-18(24(29)28-11-13-30-14-12-28)23-26-20-7-3-4-8-21(20)27-23/h1-10,15H,11-14H2,(H,26,27)/b18-15+. The molecule has 2 aromatic carbocycles. The van der Waals surface area contributed by atoms with E-state index in [-0.39, 0.29) is 11.7 Å². The van der Waals surface area contributed by atoms with Gasteiger partial charge in [0, 0.05) is 13.1 Å². The molecule has 5 rings (SSSR count).